The summed E-state index contributed by atoms with van der Waals surface area (Å²) in [4.78, 5) is 36.8. The molecule has 0 unspecified atom stereocenters. The molecule has 2 aromatic heterocycles. The molecule has 0 spiro atoms. The first-order valence-corrected chi connectivity index (χ1v) is 12.5. The van der Waals surface area contributed by atoms with Crippen molar-refractivity contribution in [1.82, 2.24) is 14.9 Å². The fourth-order valence-corrected chi connectivity index (χ4v) is 6.06. The van der Waals surface area contributed by atoms with Crippen LogP contribution in [0, 0.1) is 6.92 Å². The van der Waals surface area contributed by atoms with Crippen LogP contribution >= 0.6 is 22.7 Å². The maximum Gasteiger partial charge on any atom is 0.269 e. The molecule has 0 aliphatic carbocycles. The van der Waals surface area contributed by atoms with Crippen LogP contribution in [0.3, 0.4) is 0 Å². The van der Waals surface area contributed by atoms with E-state index in [2.05, 4.69) is 33.6 Å². The van der Waals surface area contributed by atoms with Crippen molar-refractivity contribution in [3.8, 4) is 11.3 Å². The Morgan fingerprint density at radius 1 is 1.22 bits per heavy atom. The summed E-state index contributed by atoms with van der Waals surface area (Å²) in [5, 5.41) is 9.45. The van der Waals surface area contributed by atoms with Crippen molar-refractivity contribution in [3.63, 3.8) is 0 Å². The number of nitrogens with zero attached hydrogens (tertiary/aromatic N) is 3. The van der Waals surface area contributed by atoms with Crippen molar-refractivity contribution in [1.29, 1.82) is 0 Å². The van der Waals surface area contributed by atoms with E-state index in [0.29, 0.717) is 22.3 Å². The van der Waals surface area contributed by atoms with Crippen molar-refractivity contribution in [2.75, 3.05) is 30.8 Å². The molecule has 5 rings (SSSR count). The van der Waals surface area contributed by atoms with Gasteiger partial charge in [0.2, 0.25) is 5.91 Å². The maximum atomic E-state index is 12.9. The number of aryl methyl sites for hydroxylation is 2. The van der Waals surface area contributed by atoms with Crippen molar-refractivity contribution < 1.29 is 9.59 Å². The Morgan fingerprint density at radius 3 is 2.84 bits per heavy atom. The maximum absolute atomic E-state index is 12.9. The van der Waals surface area contributed by atoms with Crippen LogP contribution in [-0.2, 0) is 11.2 Å². The minimum Gasteiger partial charge on any atom is -0.326 e. The SMILES string of the molecule is Cc1nc(C2CCN(C)CC2)sc1C(=O)Nc1nc(-c2ccc3c(c2)CCC(=O)N3)cs1. The molecule has 0 atom stereocenters. The highest BCUT2D eigenvalue weighted by Gasteiger charge is 2.25. The summed E-state index contributed by atoms with van der Waals surface area (Å²) < 4.78 is 0. The number of amides is 2. The molecule has 2 N–H and O–H groups in total. The lowest BCUT2D eigenvalue weighted by molar-refractivity contribution is -0.116. The van der Waals surface area contributed by atoms with Gasteiger partial charge in [-0.15, -0.1) is 22.7 Å². The summed E-state index contributed by atoms with van der Waals surface area (Å²) in [6.45, 7) is 4.05. The monoisotopic (exact) mass is 467 g/mol. The minimum atomic E-state index is -0.145. The number of hydrogen-bond acceptors (Lipinski definition) is 7. The number of rotatable bonds is 4. The van der Waals surface area contributed by atoms with E-state index in [1.54, 1.807) is 0 Å². The highest BCUT2D eigenvalue weighted by atomic mass is 32.1. The highest BCUT2D eigenvalue weighted by Crippen LogP contribution is 2.34. The lowest BCUT2D eigenvalue weighted by atomic mass is 9.98. The van der Waals surface area contributed by atoms with Crippen LogP contribution in [0.25, 0.3) is 11.3 Å². The van der Waals surface area contributed by atoms with Gasteiger partial charge in [-0.25, -0.2) is 9.97 Å². The van der Waals surface area contributed by atoms with E-state index >= 15 is 0 Å². The molecule has 2 aliphatic rings. The Hall–Kier alpha value is -2.62. The molecule has 9 heteroatoms. The Kier molecular flexibility index (Phi) is 5.79. The van der Waals surface area contributed by atoms with Gasteiger partial charge in [-0.2, -0.15) is 0 Å². The normalized spacial score (nSPS) is 17.1. The fraction of sp³-hybridized carbons (Fsp3) is 0.391. The largest absolute Gasteiger partial charge is 0.326 e. The number of fused-ring (bicyclic) bond motifs is 1. The molecule has 32 heavy (non-hydrogen) atoms. The Morgan fingerprint density at radius 2 is 2.03 bits per heavy atom. The molecule has 0 bridgehead atoms. The number of nitrogens with one attached hydrogen (secondary N) is 2. The van der Waals surface area contributed by atoms with Crippen LogP contribution in [0.2, 0.25) is 0 Å². The van der Waals surface area contributed by atoms with Crippen LogP contribution < -0.4 is 10.6 Å². The number of thiazole rings is 2. The van der Waals surface area contributed by atoms with Gasteiger partial charge >= 0.3 is 0 Å². The number of aromatic nitrogens is 2. The Labute approximate surface area is 194 Å². The van der Waals surface area contributed by atoms with Gasteiger partial charge < -0.3 is 10.2 Å². The van der Waals surface area contributed by atoms with E-state index in [4.69, 9.17) is 4.98 Å². The number of likely N-dealkylation sites (tertiary alicyclic amines) is 1. The zero-order valence-corrected chi connectivity index (χ0v) is 19.7. The third-order valence-corrected chi connectivity index (χ3v) is 8.18. The third kappa shape index (κ3) is 4.32. The smallest absolute Gasteiger partial charge is 0.269 e. The molecule has 7 nitrogen and oxygen atoms in total. The highest BCUT2D eigenvalue weighted by molar-refractivity contribution is 7.15. The molecule has 0 saturated carbocycles. The average Bonchev–Trinajstić information content (AvgIpc) is 3.40. The number of hydrogen-bond donors (Lipinski definition) is 2. The van der Waals surface area contributed by atoms with E-state index in [9.17, 15) is 9.59 Å². The summed E-state index contributed by atoms with van der Waals surface area (Å²) in [7, 11) is 2.15. The van der Waals surface area contributed by atoms with E-state index in [1.807, 2.05) is 24.4 Å². The number of carbonyl (C=O) groups excluding carboxylic acids is 2. The van der Waals surface area contributed by atoms with Crippen LogP contribution in [0.1, 0.15) is 51.1 Å². The number of benzene rings is 1. The molecule has 4 heterocycles. The average molecular weight is 468 g/mol. The van der Waals surface area contributed by atoms with Crippen LogP contribution in [0.5, 0.6) is 0 Å². The standard InChI is InChI=1S/C23H25N5O2S2/c1-13-20(32-22(24-13)14-7-9-28(2)10-8-14)21(30)27-23-26-18(12-31-23)16-3-5-17-15(11-16)4-6-19(29)25-17/h3,5,11-12,14H,4,6-10H2,1-2H3,(H,25,29)(H,26,27,30). The topological polar surface area (TPSA) is 87.2 Å². The summed E-state index contributed by atoms with van der Waals surface area (Å²) in [5.74, 6) is 0.353. The number of carbonyl (C=O) groups is 2. The second-order valence-electron chi connectivity index (χ2n) is 8.46. The molecule has 0 radical (unpaired) electrons. The molecule has 166 valence electrons. The van der Waals surface area contributed by atoms with Gasteiger partial charge in [0.1, 0.15) is 4.88 Å². The second-order valence-corrected chi connectivity index (χ2v) is 10.3. The fourth-order valence-electron chi connectivity index (χ4n) is 4.22. The summed E-state index contributed by atoms with van der Waals surface area (Å²) in [6.07, 6.45) is 3.41. The number of anilines is 2. The van der Waals surface area contributed by atoms with E-state index in [0.717, 1.165) is 65.6 Å². The zero-order valence-electron chi connectivity index (χ0n) is 18.1. The summed E-state index contributed by atoms with van der Waals surface area (Å²) >= 11 is 2.93. The van der Waals surface area contributed by atoms with Crippen molar-refractivity contribution in [2.24, 2.45) is 0 Å². The van der Waals surface area contributed by atoms with Crippen LogP contribution in [0.15, 0.2) is 23.6 Å². The Balaban J connectivity index is 1.29. The molecule has 3 aromatic rings. The van der Waals surface area contributed by atoms with Crippen molar-refractivity contribution in [2.45, 2.75) is 38.5 Å². The van der Waals surface area contributed by atoms with E-state index < -0.39 is 0 Å². The van der Waals surface area contributed by atoms with E-state index in [1.165, 1.54) is 22.7 Å². The zero-order chi connectivity index (χ0) is 22.2. The quantitative estimate of drug-likeness (QED) is 0.589. The first-order chi connectivity index (χ1) is 15.5. The minimum absolute atomic E-state index is 0.0567. The predicted molar refractivity (Wildman–Crippen MR) is 129 cm³/mol. The van der Waals surface area contributed by atoms with Gasteiger partial charge in [-0.05, 0) is 64.0 Å². The molecular formula is C23H25N5O2S2. The van der Waals surface area contributed by atoms with Gasteiger partial charge in [0, 0.05) is 29.0 Å². The lowest BCUT2D eigenvalue weighted by Gasteiger charge is -2.27. The van der Waals surface area contributed by atoms with E-state index in [-0.39, 0.29) is 11.8 Å². The Bertz CT molecular complexity index is 1180. The van der Waals surface area contributed by atoms with Gasteiger partial charge in [-0.3, -0.25) is 14.9 Å². The van der Waals surface area contributed by atoms with Gasteiger partial charge in [0.25, 0.3) is 5.91 Å². The molecular weight excluding hydrogens is 442 g/mol. The molecule has 1 fully saturated rings. The molecule has 2 amide bonds. The summed E-state index contributed by atoms with van der Waals surface area (Å²) in [6, 6.07) is 5.94. The molecule has 1 saturated heterocycles. The predicted octanol–water partition coefficient (Wildman–Crippen LogP) is 4.52. The first kappa shape index (κ1) is 21.2. The number of piperidine rings is 1. The molecule has 2 aliphatic heterocycles. The molecule has 1 aromatic carbocycles. The van der Waals surface area contributed by atoms with Gasteiger partial charge in [0.05, 0.1) is 16.4 Å². The second kappa shape index (κ2) is 8.73. The van der Waals surface area contributed by atoms with Gasteiger partial charge in [0.15, 0.2) is 5.13 Å². The third-order valence-electron chi connectivity index (χ3n) is 6.11. The summed E-state index contributed by atoms with van der Waals surface area (Å²) in [5.41, 5.74) is 4.57. The van der Waals surface area contributed by atoms with Crippen LogP contribution in [-0.4, -0.2) is 46.8 Å². The van der Waals surface area contributed by atoms with Gasteiger partial charge in [-0.1, -0.05) is 6.07 Å². The lowest BCUT2D eigenvalue weighted by Crippen LogP contribution is -2.29. The van der Waals surface area contributed by atoms with Crippen molar-refractivity contribution >= 4 is 45.3 Å². The van der Waals surface area contributed by atoms with Crippen LogP contribution in [0.4, 0.5) is 10.8 Å². The van der Waals surface area contributed by atoms with Crippen molar-refractivity contribution in [3.05, 3.63) is 44.7 Å². The first-order valence-electron chi connectivity index (χ1n) is 10.8.